The molecule has 0 aliphatic carbocycles. The van der Waals surface area contributed by atoms with Gasteiger partial charge in [-0.1, -0.05) is 42.8 Å². The molecule has 0 heterocycles. The van der Waals surface area contributed by atoms with E-state index in [1.807, 2.05) is 25.1 Å². The second-order valence-electron chi connectivity index (χ2n) is 6.56. The van der Waals surface area contributed by atoms with Crippen LogP contribution in [0.5, 0.6) is 11.5 Å². The van der Waals surface area contributed by atoms with Crippen molar-refractivity contribution in [2.45, 2.75) is 32.9 Å². The molecule has 2 aromatic rings. The molecule has 6 nitrogen and oxygen atoms in total. The van der Waals surface area contributed by atoms with Gasteiger partial charge < -0.3 is 19.7 Å². The maximum Gasteiger partial charge on any atom is 0.261 e. The molecular formula is C22H27ClN2O4. The lowest BCUT2D eigenvalue weighted by Gasteiger charge is -2.29. The van der Waals surface area contributed by atoms with E-state index in [4.69, 9.17) is 21.1 Å². The SMILES string of the molecule is CCCNC(=O)C(C)N(Cc1cccc(Cl)c1)C(=O)COc1ccccc1OC. The van der Waals surface area contributed by atoms with Gasteiger partial charge in [0.1, 0.15) is 6.04 Å². The second-order valence-corrected chi connectivity index (χ2v) is 6.99. The molecule has 0 spiro atoms. The summed E-state index contributed by atoms with van der Waals surface area (Å²) in [5.41, 5.74) is 0.832. The van der Waals surface area contributed by atoms with Crippen LogP contribution in [0, 0.1) is 0 Å². The smallest absolute Gasteiger partial charge is 0.261 e. The number of carbonyl (C=O) groups excluding carboxylic acids is 2. The van der Waals surface area contributed by atoms with Crippen LogP contribution in [-0.4, -0.2) is 43.0 Å². The molecule has 156 valence electrons. The third-order valence-electron chi connectivity index (χ3n) is 4.38. The summed E-state index contributed by atoms with van der Waals surface area (Å²) in [5, 5.41) is 3.41. The molecule has 0 saturated carbocycles. The van der Waals surface area contributed by atoms with E-state index in [1.165, 1.54) is 12.0 Å². The van der Waals surface area contributed by atoms with Gasteiger partial charge >= 0.3 is 0 Å². The van der Waals surface area contributed by atoms with Crippen molar-refractivity contribution in [3.63, 3.8) is 0 Å². The van der Waals surface area contributed by atoms with Crippen molar-refractivity contribution < 1.29 is 19.1 Å². The first-order valence-corrected chi connectivity index (χ1v) is 9.91. The number of para-hydroxylation sites is 2. The molecule has 1 unspecified atom stereocenters. The summed E-state index contributed by atoms with van der Waals surface area (Å²) in [6.07, 6.45) is 0.817. The number of ether oxygens (including phenoxy) is 2. The van der Waals surface area contributed by atoms with E-state index >= 15 is 0 Å². The summed E-state index contributed by atoms with van der Waals surface area (Å²) >= 11 is 6.07. The minimum atomic E-state index is -0.658. The first-order chi connectivity index (χ1) is 14.0. The topological polar surface area (TPSA) is 67.9 Å². The number of nitrogens with one attached hydrogen (secondary N) is 1. The summed E-state index contributed by atoms with van der Waals surface area (Å²) in [6.45, 7) is 4.26. The van der Waals surface area contributed by atoms with Gasteiger partial charge in [-0.05, 0) is 43.2 Å². The van der Waals surface area contributed by atoms with Crippen LogP contribution >= 0.6 is 11.6 Å². The Bertz CT molecular complexity index is 828. The average Bonchev–Trinajstić information content (AvgIpc) is 2.73. The number of methoxy groups -OCH3 is 1. The molecule has 1 N–H and O–H groups in total. The monoisotopic (exact) mass is 418 g/mol. The molecule has 2 rings (SSSR count). The highest BCUT2D eigenvalue weighted by molar-refractivity contribution is 6.30. The third-order valence-corrected chi connectivity index (χ3v) is 4.61. The highest BCUT2D eigenvalue weighted by Gasteiger charge is 2.26. The highest BCUT2D eigenvalue weighted by Crippen LogP contribution is 2.26. The maximum atomic E-state index is 13.0. The molecule has 0 saturated heterocycles. The van der Waals surface area contributed by atoms with Crippen molar-refractivity contribution in [3.8, 4) is 11.5 Å². The van der Waals surface area contributed by atoms with E-state index in [0.29, 0.717) is 23.1 Å². The summed E-state index contributed by atoms with van der Waals surface area (Å²) in [4.78, 5) is 27.0. The average molecular weight is 419 g/mol. The number of hydrogen-bond donors (Lipinski definition) is 1. The number of benzene rings is 2. The van der Waals surface area contributed by atoms with Gasteiger partial charge in [0.25, 0.3) is 5.91 Å². The van der Waals surface area contributed by atoms with Crippen molar-refractivity contribution in [2.24, 2.45) is 0 Å². The first-order valence-electron chi connectivity index (χ1n) is 9.53. The van der Waals surface area contributed by atoms with Gasteiger partial charge in [-0.3, -0.25) is 9.59 Å². The minimum absolute atomic E-state index is 0.209. The van der Waals surface area contributed by atoms with E-state index in [9.17, 15) is 9.59 Å². The second kappa shape index (κ2) is 11.3. The van der Waals surface area contributed by atoms with Crippen molar-refractivity contribution in [1.82, 2.24) is 10.2 Å². The van der Waals surface area contributed by atoms with Gasteiger partial charge in [-0.25, -0.2) is 0 Å². The van der Waals surface area contributed by atoms with Crippen molar-refractivity contribution in [1.29, 1.82) is 0 Å². The molecule has 0 aliphatic heterocycles. The van der Waals surface area contributed by atoms with Crippen LogP contribution in [-0.2, 0) is 16.1 Å². The van der Waals surface area contributed by atoms with Gasteiger partial charge in [-0.15, -0.1) is 0 Å². The van der Waals surface area contributed by atoms with Crippen molar-refractivity contribution >= 4 is 23.4 Å². The number of amides is 2. The molecule has 0 aromatic heterocycles. The van der Waals surface area contributed by atoms with Crippen LogP contribution in [0.25, 0.3) is 0 Å². The highest BCUT2D eigenvalue weighted by atomic mass is 35.5. The third kappa shape index (κ3) is 6.68. The van der Waals surface area contributed by atoms with Gasteiger partial charge in [-0.2, -0.15) is 0 Å². The van der Waals surface area contributed by atoms with E-state index in [1.54, 1.807) is 37.3 Å². The van der Waals surface area contributed by atoms with Crippen molar-refractivity contribution in [3.05, 3.63) is 59.1 Å². The van der Waals surface area contributed by atoms with Crippen LogP contribution in [0.1, 0.15) is 25.8 Å². The fourth-order valence-electron chi connectivity index (χ4n) is 2.77. The van der Waals surface area contributed by atoms with Crippen LogP contribution in [0.3, 0.4) is 0 Å². The molecule has 0 bridgehead atoms. The molecule has 29 heavy (non-hydrogen) atoms. The standard InChI is InChI=1S/C22H27ClN2O4/c1-4-12-24-22(27)16(2)25(14-17-8-7-9-18(23)13-17)21(26)15-29-20-11-6-5-10-19(20)28-3/h5-11,13,16H,4,12,14-15H2,1-3H3,(H,24,27). The zero-order chi connectivity index (χ0) is 21.2. The summed E-state index contributed by atoms with van der Waals surface area (Å²) in [7, 11) is 1.54. The fraction of sp³-hybridized carbons (Fsp3) is 0.364. The number of carbonyl (C=O) groups is 2. The Morgan fingerprint density at radius 2 is 1.86 bits per heavy atom. The maximum absolute atomic E-state index is 13.0. The predicted molar refractivity (Wildman–Crippen MR) is 113 cm³/mol. The van der Waals surface area contributed by atoms with Gasteiger partial charge in [0, 0.05) is 18.1 Å². The number of rotatable bonds is 10. The van der Waals surface area contributed by atoms with E-state index in [2.05, 4.69) is 5.32 Å². The molecule has 2 aromatic carbocycles. The molecule has 1 atom stereocenters. The quantitative estimate of drug-likeness (QED) is 0.639. The summed E-state index contributed by atoms with van der Waals surface area (Å²) in [6, 6.07) is 13.7. The van der Waals surface area contributed by atoms with Crippen LogP contribution in [0.2, 0.25) is 5.02 Å². The number of hydrogen-bond acceptors (Lipinski definition) is 4. The molecule has 0 fully saturated rings. The molecular weight excluding hydrogens is 392 g/mol. The van der Waals surface area contributed by atoms with Crippen LogP contribution < -0.4 is 14.8 Å². The Balaban J connectivity index is 2.16. The predicted octanol–water partition coefficient (Wildman–Crippen LogP) is 3.67. The largest absolute Gasteiger partial charge is 0.493 e. The van der Waals surface area contributed by atoms with Gasteiger partial charge in [0.2, 0.25) is 5.91 Å². The van der Waals surface area contributed by atoms with E-state index in [-0.39, 0.29) is 25.0 Å². The summed E-state index contributed by atoms with van der Waals surface area (Å²) < 4.78 is 10.9. The van der Waals surface area contributed by atoms with Crippen LogP contribution in [0.15, 0.2) is 48.5 Å². The van der Waals surface area contributed by atoms with Crippen LogP contribution in [0.4, 0.5) is 0 Å². The molecule has 7 heteroatoms. The van der Waals surface area contributed by atoms with Crippen molar-refractivity contribution in [2.75, 3.05) is 20.3 Å². The van der Waals surface area contributed by atoms with E-state index < -0.39 is 6.04 Å². The molecule has 0 aliphatic rings. The minimum Gasteiger partial charge on any atom is -0.493 e. The van der Waals surface area contributed by atoms with E-state index in [0.717, 1.165) is 12.0 Å². The lowest BCUT2D eigenvalue weighted by Crippen LogP contribution is -2.49. The number of halogens is 1. The molecule has 0 radical (unpaired) electrons. The first kappa shape index (κ1) is 22.6. The fourth-order valence-corrected chi connectivity index (χ4v) is 2.98. The Morgan fingerprint density at radius 1 is 1.14 bits per heavy atom. The lowest BCUT2D eigenvalue weighted by atomic mass is 10.1. The zero-order valence-corrected chi connectivity index (χ0v) is 17.7. The van der Waals surface area contributed by atoms with Gasteiger partial charge in [0.15, 0.2) is 18.1 Å². The Morgan fingerprint density at radius 3 is 2.52 bits per heavy atom. The Hall–Kier alpha value is -2.73. The zero-order valence-electron chi connectivity index (χ0n) is 17.0. The lowest BCUT2D eigenvalue weighted by molar-refractivity contribution is -0.142. The summed E-state index contributed by atoms with van der Waals surface area (Å²) in [5.74, 6) is 0.485. The Kier molecular flexibility index (Phi) is 8.80. The Labute approximate surface area is 176 Å². The normalized spacial score (nSPS) is 11.4. The molecule has 2 amide bonds. The van der Waals surface area contributed by atoms with Gasteiger partial charge in [0.05, 0.1) is 7.11 Å². The number of nitrogens with zero attached hydrogens (tertiary/aromatic N) is 1.